The maximum atomic E-state index is 9.41. The number of ether oxygens (including phenoxy) is 1. The Kier molecular flexibility index (Phi) is 3.48. The summed E-state index contributed by atoms with van der Waals surface area (Å²) in [5.41, 5.74) is -0.336. The van der Waals surface area contributed by atoms with Crippen LogP contribution in [-0.4, -0.2) is 49.8 Å². The zero-order valence-electron chi connectivity index (χ0n) is 10.2. The zero-order valence-corrected chi connectivity index (χ0v) is 10.2. The first-order valence-electron chi connectivity index (χ1n) is 6.14. The highest BCUT2D eigenvalue weighted by Crippen LogP contribution is 2.39. The van der Waals surface area contributed by atoms with Gasteiger partial charge in [-0.25, -0.2) is 0 Å². The Labute approximate surface area is 97.6 Å². The average Bonchev–Trinajstić information content (AvgIpc) is 3.10. The van der Waals surface area contributed by atoms with Crippen LogP contribution in [0.3, 0.4) is 0 Å². The van der Waals surface area contributed by atoms with E-state index in [1.54, 1.807) is 0 Å². The van der Waals surface area contributed by atoms with Crippen LogP contribution in [0.25, 0.3) is 0 Å². The molecule has 2 rings (SSSR count). The van der Waals surface area contributed by atoms with Crippen LogP contribution in [0.15, 0.2) is 0 Å². The van der Waals surface area contributed by atoms with Gasteiger partial charge in [-0.05, 0) is 32.7 Å². The lowest BCUT2D eigenvalue weighted by Crippen LogP contribution is -2.56. The van der Waals surface area contributed by atoms with Crippen LogP contribution in [0.5, 0.6) is 0 Å². The van der Waals surface area contributed by atoms with Crippen LogP contribution in [-0.2, 0) is 4.74 Å². The maximum Gasteiger partial charge on any atom is 0.122 e. The Morgan fingerprint density at radius 1 is 1.56 bits per heavy atom. The summed E-state index contributed by atoms with van der Waals surface area (Å²) in [7, 11) is 1.91. The molecule has 1 aliphatic carbocycles. The quantitative estimate of drug-likeness (QED) is 0.758. The molecule has 1 saturated carbocycles. The summed E-state index contributed by atoms with van der Waals surface area (Å²) in [6, 6.07) is 2.50. The van der Waals surface area contributed by atoms with E-state index in [1.807, 2.05) is 7.05 Å². The molecule has 1 heterocycles. The van der Waals surface area contributed by atoms with Crippen molar-refractivity contribution in [3.63, 3.8) is 0 Å². The Morgan fingerprint density at radius 3 is 2.81 bits per heavy atom. The molecule has 2 aliphatic rings. The molecule has 0 aromatic rings. The van der Waals surface area contributed by atoms with Gasteiger partial charge >= 0.3 is 0 Å². The first-order valence-corrected chi connectivity index (χ1v) is 6.14. The molecular weight excluding hydrogens is 202 g/mol. The van der Waals surface area contributed by atoms with Crippen molar-refractivity contribution in [3.8, 4) is 6.07 Å². The minimum atomic E-state index is -0.336. The molecule has 0 amide bonds. The Hall–Kier alpha value is -0.630. The van der Waals surface area contributed by atoms with E-state index in [-0.39, 0.29) is 5.54 Å². The normalized spacial score (nSPS) is 30.7. The number of nitriles is 1. The highest BCUT2D eigenvalue weighted by molar-refractivity contribution is 5.16. The van der Waals surface area contributed by atoms with Gasteiger partial charge in [-0.15, -0.1) is 0 Å². The van der Waals surface area contributed by atoms with Crippen molar-refractivity contribution in [2.45, 2.75) is 31.4 Å². The molecule has 16 heavy (non-hydrogen) atoms. The number of likely N-dealkylation sites (N-methyl/N-ethyl adjacent to an activating group) is 1. The largest absolute Gasteiger partial charge is 0.376 e. The van der Waals surface area contributed by atoms with Gasteiger partial charge in [-0.2, -0.15) is 5.26 Å². The van der Waals surface area contributed by atoms with E-state index >= 15 is 0 Å². The minimum Gasteiger partial charge on any atom is -0.376 e. The highest BCUT2D eigenvalue weighted by atomic mass is 16.5. The van der Waals surface area contributed by atoms with Crippen LogP contribution in [0.2, 0.25) is 0 Å². The topological polar surface area (TPSA) is 48.3 Å². The molecule has 0 radical (unpaired) electrons. The second-order valence-corrected chi connectivity index (χ2v) is 5.02. The molecular formula is C12H21N3O. The monoisotopic (exact) mass is 223 g/mol. The third-order valence-corrected chi connectivity index (χ3v) is 3.72. The molecule has 0 aromatic heterocycles. The molecule has 2 atom stereocenters. The number of nitrogens with zero attached hydrogens (tertiary/aromatic N) is 2. The summed E-state index contributed by atoms with van der Waals surface area (Å²) in [4.78, 5) is 2.35. The van der Waals surface area contributed by atoms with Gasteiger partial charge in [0.05, 0.1) is 18.8 Å². The summed E-state index contributed by atoms with van der Waals surface area (Å²) in [6.07, 6.45) is 2.67. The number of hydrogen-bond acceptors (Lipinski definition) is 4. The minimum absolute atomic E-state index is 0.293. The number of rotatable bonds is 4. The third kappa shape index (κ3) is 2.37. The predicted octanol–water partition coefficient (Wildman–Crippen LogP) is 0.599. The number of morpholine rings is 1. The van der Waals surface area contributed by atoms with E-state index in [4.69, 9.17) is 4.74 Å². The van der Waals surface area contributed by atoms with Crippen LogP contribution in [0, 0.1) is 17.2 Å². The van der Waals surface area contributed by atoms with Crippen LogP contribution >= 0.6 is 0 Å². The predicted molar refractivity (Wildman–Crippen MR) is 62.0 cm³/mol. The van der Waals surface area contributed by atoms with Gasteiger partial charge in [-0.1, -0.05) is 0 Å². The van der Waals surface area contributed by atoms with Crippen LogP contribution < -0.4 is 5.32 Å². The fourth-order valence-corrected chi connectivity index (χ4v) is 2.56. The van der Waals surface area contributed by atoms with Crippen molar-refractivity contribution in [3.05, 3.63) is 0 Å². The molecule has 1 aliphatic heterocycles. The summed E-state index contributed by atoms with van der Waals surface area (Å²) < 4.78 is 5.52. The van der Waals surface area contributed by atoms with E-state index in [0.29, 0.717) is 12.0 Å². The Morgan fingerprint density at radius 2 is 2.31 bits per heavy atom. The Balaban J connectivity index is 1.97. The molecule has 0 spiro atoms. The van der Waals surface area contributed by atoms with Crippen molar-refractivity contribution < 1.29 is 4.74 Å². The second kappa shape index (κ2) is 4.70. The highest BCUT2D eigenvalue weighted by Gasteiger charge is 2.46. The van der Waals surface area contributed by atoms with E-state index in [2.05, 4.69) is 23.2 Å². The molecule has 4 nitrogen and oxygen atoms in total. The summed E-state index contributed by atoms with van der Waals surface area (Å²) in [5, 5.41) is 12.7. The number of nitrogens with one attached hydrogen (secondary N) is 1. The van der Waals surface area contributed by atoms with E-state index < -0.39 is 0 Å². The molecule has 2 fully saturated rings. The molecule has 1 saturated heterocycles. The standard InChI is InChI=1S/C12H21N3O/c1-10-7-15(5-6-16-10)9-12(8-13,14-2)11-3-4-11/h10-11,14H,3-7,9H2,1-2H3. The first kappa shape index (κ1) is 11.8. The van der Waals surface area contributed by atoms with Gasteiger partial charge < -0.3 is 10.1 Å². The van der Waals surface area contributed by atoms with Gasteiger partial charge in [-0.3, -0.25) is 4.90 Å². The molecule has 1 N–H and O–H groups in total. The molecule has 2 unspecified atom stereocenters. The van der Waals surface area contributed by atoms with Crippen LogP contribution in [0.1, 0.15) is 19.8 Å². The summed E-state index contributed by atoms with van der Waals surface area (Å²) >= 11 is 0. The molecule has 90 valence electrons. The lowest BCUT2D eigenvalue weighted by Gasteiger charge is -2.37. The lowest BCUT2D eigenvalue weighted by atomic mass is 9.94. The van der Waals surface area contributed by atoms with Gasteiger partial charge in [0.15, 0.2) is 0 Å². The van der Waals surface area contributed by atoms with Gasteiger partial charge in [0, 0.05) is 19.6 Å². The molecule has 0 aromatic carbocycles. The summed E-state index contributed by atoms with van der Waals surface area (Å²) in [6.45, 7) is 5.60. The number of hydrogen-bond donors (Lipinski definition) is 1. The fraction of sp³-hybridized carbons (Fsp3) is 0.917. The molecule has 4 heteroatoms. The maximum absolute atomic E-state index is 9.41. The van der Waals surface area contributed by atoms with Crippen molar-refractivity contribution in [2.24, 2.45) is 5.92 Å². The van der Waals surface area contributed by atoms with Crippen LogP contribution in [0.4, 0.5) is 0 Å². The van der Waals surface area contributed by atoms with Crippen molar-refractivity contribution in [1.29, 1.82) is 5.26 Å². The van der Waals surface area contributed by atoms with E-state index in [1.165, 1.54) is 12.8 Å². The van der Waals surface area contributed by atoms with Crippen molar-refractivity contribution >= 4 is 0 Å². The Bertz CT molecular complexity index is 284. The zero-order chi connectivity index (χ0) is 11.6. The van der Waals surface area contributed by atoms with Gasteiger partial charge in [0.1, 0.15) is 5.54 Å². The lowest BCUT2D eigenvalue weighted by molar-refractivity contribution is -0.0249. The average molecular weight is 223 g/mol. The smallest absolute Gasteiger partial charge is 0.122 e. The summed E-state index contributed by atoms with van der Waals surface area (Å²) in [5.74, 6) is 0.542. The van der Waals surface area contributed by atoms with E-state index in [9.17, 15) is 5.26 Å². The second-order valence-electron chi connectivity index (χ2n) is 5.02. The van der Waals surface area contributed by atoms with E-state index in [0.717, 1.165) is 26.2 Å². The first-order chi connectivity index (χ1) is 7.70. The van der Waals surface area contributed by atoms with Gasteiger partial charge in [0.2, 0.25) is 0 Å². The third-order valence-electron chi connectivity index (χ3n) is 3.72. The van der Waals surface area contributed by atoms with Crippen molar-refractivity contribution in [2.75, 3.05) is 33.3 Å². The molecule has 0 bridgehead atoms. The fourth-order valence-electron chi connectivity index (χ4n) is 2.56. The van der Waals surface area contributed by atoms with Gasteiger partial charge in [0.25, 0.3) is 0 Å². The SMILES string of the molecule is CNC(C#N)(CN1CCOC(C)C1)C1CC1. The van der Waals surface area contributed by atoms with Crippen molar-refractivity contribution in [1.82, 2.24) is 10.2 Å².